The van der Waals surface area contributed by atoms with Gasteiger partial charge < -0.3 is 15.5 Å². The predicted octanol–water partition coefficient (Wildman–Crippen LogP) is 2.10. The fraction of sp³-hybridized carbons (Fsp3) is 0.263. The van der Waals surface area contributed by atoms with Gasteiger partial charge in [-0.05, 0) is 43.3 Å². The van der Waals surface area contributed by atoms with Crippen molar-refractivity contribution in [1.82, 2.24) is 10.2 Å². The van der Waals surface area contributed by atoms with Gasteiger partial charge in [-0.25, -0.2) is 0 Å². The van der Waals surface area contributed by atoms with Crippen LogP contribution in [0.3, 0.4) is 0 Å². The molecule has 0 aromatic heterocycles. The number of carbonyl (C=O) groups is 1. The lowest BCUT2D eigenvalue weighted by Crippen LogP contribution is -2.52. The molecule has 0 spiro atoms. The lowest BCUT2D eigenvalue weighted by atomic mass is 10.1. The fourth-order valence-corrected chi connectivity index (χ4v) is 4.51. The number of rotatable bonds is 2. The Labute approximate surface area is 170 Å². The van der Waals surface area contributed by atoms with Gasteiger partial charge in [-0.1, -0.05) is 12.1 Å². The first-order valence-electron chi connectivity index (χ1n) is 8.79. The highest BCUT2D eigenvalue weighted by Gasteiger charge is 2.28. The standard InChI is InChI=1S/C19H20N4O3S.ClH/c1-13-12-20-10-11-23(13)19(24)14-6-8-15(9-7-14)21-18-16-4-2-3-5-17(16)27(25,26)22-18;/h2-9,13,20H,10-12H2,1H3,(H,21,22);1H/t13-;/m0./s1. The molecular weight excluding hydrogens is 400 g/mol. The third-order valence-electron chi connectivity index (χ3n) is 4.79. The molecule has 2 aromatic carbocycles. The van der Waals surface area contributed by atoms with E-state index < -0.39 is 10.0 Å². The summed E-state index contributed by atoms with van der Waals surface area (Å²) in [5.41, 5.74) is 1.83. The Morgan fingerprint density at radius 1 is 1.18 bits per heavy atom. The van der Waals surface area contributed by atoms with E-state index in [-0.39, 0.29) is 29.3 Å². The van der Waals surface area contributed by atoms with Crippen LogP contribution in [0.15, 0.2) is 57.8 Å². The highest BCUT2D eigenvalue weighted by Crippen LogP contribution is 2.26. The van der Waals surface area contributed by atoms with Crippen molar-refractivity contribution in [1.29, 1.82) is 0 Å². The molecule has 28 heavy (non-hydrogen) atoms. The molecule has 2 N–H and O–H groups in total. The van der Waals surface area contributed by atoms with Crippen LogP contribution in [-0.4, -0.2) is 50.7 Å². The monoisotopic (exact) mass is 420 g/mol. The maximum atomic E-state index is 12.7. The van der Waals surface area contributed by atoms with Gasteiger partial charge in [0, 0.05) is 42.5 Å². The molecule has 7 nitrogen and oxygen atoms in total. The van der Waals surface area contributed by atoms with Crippen molar-refractivity contribution in [3.63, 3.8) is 0 Å². The van der Waals surface area contributed by atoms with Gasteiger partial charge in [-0.15, -0.1) is 16.8 Å². The van der Waals surface area contributed by atoms with E-state index >= 15 is 0 Å². The molecule has 0 saturated carbocycles. The molecule has 0 unspecified atom stereocenters. The molecule has 0 radical (unpaired) electrons. The molecule has 9 heteroatoms. The van der Waals surface area contributed by atoms with Gasteiger partial charge in [0.15, 0.2) is 5.84 Å². The number of sulfonamides is 1. The quantitative estimate of drug-likeness (QED) is 0.776. The summed E-state index contributed by atoms with van der Waals surface area (Å²) in [7, 11) is -3.66. The third-order valence-corrected chi connectivity index (χ3v) is 6.12. The first-order chi connectivity index (χ1) is 13.0. The summed E-state index contributed by atoms with van der Waals surface area (Å²) < 4.78 is 28.1. The summed E-state index contributed by atoms with van der Waals surface area (Å²) in [6.45, 7) is 4.30. The molecule has 2 aliphatic heterocycles. The molecule has 4 rings (SSSR count). The largest absolute Gasteiger partial charge is 0.339 e. The molecule has 148 valence electrons. The Morgan fingerprint density at radius 2 is 1.89 bits per heavy atom. The van der Waals surface area contributed by atoms with Gasteiger partial charge in [-0.2, -0.15) is 8.42 Å². The van der Waals surface area contributed by atoms with Crippen LogP contribution >= 0.6 is 12.4 Å². The number of carbonyl (C=O) groups excluding carboxylic acids is 1. The molecule has 2 heterocycles. The van der Waals surface area contributed by atoms with Crippen molar-refractivity contribution < 1.29 is 13.2 Å². The summed E-state index contributed by atoms with van der Waals surface area (Å²) in [5, 5.41) is 6.31. The number of anilines is 1. The van der Waals surface area contributed by atoms with Crippen LogP contribution in [0.1, 0.15) is 22.8 Å². The third kappa shape index (κ3) is 3.76. The normalized spacial score (nSPS) is 20.0. The maximum absolute atomic E-state index is 12.7. The number of amidine groups is 1. The molecule has 0 aliphatic carbocycles. The van der Waals surface area contributed by atoms with Crippen LogP contribution in [-0.2, 0) is 10.0 Å². The topological polar surface area (TPSA) is 90.9 Å². The van der Waals surface area contributed by atoms with Gasteiger partial charge in [0.05, 0.1) is 0 Å². The van der Waals surface area contributed by atoms with Crippen molar-refractivity contribution in [2.45, 2.75) is 17.9 Å². The summed E-state index contributed by atoms with van der Waals surface area (Å²) in [4.78, 5) is 14.8. The van der Waals surface area contributed by atoms with E-state index in [1.807, 2.05) is 11.8 Å². The first kappa shape index (κ1) is 20.3. The number of hydrogen-bond donors (Lipinski definition) is 2. The smallest absolute Gasteiger partial charge is 0.285 e. The van der Waals surface area contributed by atoms with Gasteiger partial charge >= 0.3 is 0 Å². The maximum Gasteiger partial charge on any atom is 0.285 e. The number of nitrogens with one attached hydrogen (secondary N) is 2. The second kappa shape index (κ2) is 7.90. The SMILES string of the molecule is C[C@H]1CNCCN1C(=O)c1ccc(NC2=NS(=O)(=O)c3ccccc32)cc1.Cl. The molecule has 2 aromatic rings. The van der Waals surface area contributed by atoms with Crippen LogP contribution in [0.25, 0.3) is 0 Å². The number of piperazine rings is 1. The Kier molecular flexibility index (Phi) is 5.74. The Morgan fingerprint density at radius 3 is 2.61 bits per heavy atom. The Bertz CT molecular complexity index is 1020. The zero-order valence-corrected chi connectivity index (χ0v) is 16.9. The summed E-state index contributed by atoms with van der Waals surface area (Å²) in [5.74, 6) is 0.294. The summed E-state index contributed by atoms with van der Waals surface area (Å²) in [6.07, 6.45) is 0. The van der Waals surface area contributed by atoms with Crippen LogP contribution in [0.2, 0.25) is 0 Å². The lowest BCUT2D eigenvalue weighted by Gasteiger charge is -2.34. The first-order valence-corrected chi connectivity index (χ1v) is 10.2. The predicted molar refractivity (Wildman–Crippen MR) is 111 cm³/mol. The average molecular weight is 421 g/mol. The van der Waals surface area contributed by atoms with Crippen molar-refractivity contribution in [2.75, 3.05) is 25.0 Å². The van der Waals surface area contributed by atoms with Crippen LogP contribution in [0, 0.1) is 0 Å². The fourth-order valence-electron chi connectivity index (χ4n) is 3.34. The van der Waals surface area contributed by atoms with Crippen molar-refractivity contribution in [2.24, 2.45) is 4.40 Å². The van der Waals surface area contributed by atoms with E-state index in [2.05, 4.69) is 15.0 Å². The summed E-state index contributed by atoms with van der Waals surface area (Å²) in [6, 6.07) is 13.9. The van der Waals surface area contributed by atoms with Gasteiger partial charge in [-0.3, -0.25) is 4.79 Å². The van der Waals surface area contributed by atoms with E-state index in [1.165, 1.54) is 0 Å². The molecule has 1 atom stereocenters. The van der Waals surface area contributed by atoms with Gasteiger partial charge in [0.2, 0.25) is 0 Å². The lowest BCUT2D eigenvalue weighted by molar-refractivity contribution is 0.0656. The number of benzene rings is 2. The van der Waals surface area contributed by atoms with Gasteiger partial charge in [0.1, 0.15) is 4.90 Å². The minimum absolute atomic E-state index is 0. The van der Waals surface area contributed by atoms with Gasteiger partial charge in [0.25, 0.3) is 15.9 Å². The second-order valence-corrected chi connectivity index (χ2v) is 8.24. The van der Waals surface area contributed by atoms with Crippen LogP contribution < -0.4 is 10.6 Å². The number of amides is 1. The van der Waals surface area contributed by atoms with Crippen molar-refractivity contribution in [3.8, 4) is 0 Å². The van der Waals surface area contributed by atoms with E-state index in [0.717, 1.165) is 13.1 Å². The molecule has 2 aliphatic rings. The minimum atomic E-state index is -3.66. The zero-order chi connectivity index (χ0) is 19.0. The van der Waals surface area contributed by atoms with E-state index in [0.29, 0.717) is 29.2 Å². The second-order valence-electron chi connectivity index (χ2n) is 6.67. The zero-order valence-electron chi connectivity index (χ0n) is 15.3. The molecular formula is C19H21ClN4O3S. The highest BCUT2D eigenvalue weighted by atomic mass is 35.5. The van der Waals surface area contributed by atoms with E-state index in [9.17, 15) is 13.2 Å². The van der Waals surface area contributed by atoms with Crippen molar-refractivity contribution >= 4 is 39.9 Å². The van der Waals surface area contributed by atoms with Crippen LogP contribution in [0.5, 0.6) is 0 Å². The number of fused-ring (bicyclic) bond motifs is 1. The summed E-state index contributed by atoms with van der Waals surface area (Å²) >= 11 is 0. The van der Waals surface area contributed by atoms with Crippen LogP contribution in [0.4, 0.5) is 5.69 Å². The van der Waals surface area contributed by atoms with Crippen molar-refractivity contribution in [3.05, 3.63) is 59.7 Å². The van der Waals surface area contributed by atoms with E-state index in [1.54, 1.807) is 48.5 Å². The minimum Gasteiger partial charge on any atom is -0.339 e. The average Bonchev–Trinajstić information content (AvgIpc) is 2.93. The number of nitrogens with zero attached hydrogens (tertiary/aromatic N) is 2. The Hall–Kier alpha value is -2.42. The molecule has 0 bridgehead atoms. The molecule has 1 amide bonds. The number of halogens is 1. The highest BCUT2D eigenvalue weighted by molar-refractivity contribution is 7.90. The number of hydrogen-bond acceptors (Lipinski definition) is 5. The Balaban J connectivity index is 0.00000225. The van der Waals surface area contributed by atoms with E-state index in [4.69, 9.17) is 0 Å². The molecule has 1 fully saturated rings. The molecule has 1 saturated heterocycles.